The molecule has 0 N–H and O–H groups in total. The van der Waals surface area contributed by atoms with E-state index < -0.39 is 23.2 Å². The van der Waals surface area contributed by atoms with Crippen LogP contribution in [0.5, 0.6) is 5.75 Å². The Balaban J connectivity index is 1.78. The topological polar surface area (TPSA) is 72.6 Å². The Kier molecular flexibility index (Phi) is 5.01. The van der Waals surface area contributed by atoms with Gasteiger partial charge in [0.15, 0.2) is 5.43 Å². The predicted octanol–water partition coefficient (Wildman–Crippen LogP) is 4.95. The van der Waals surface area contributed by atoms with Crippen molar-refractivity contribution in [2.75, 3.05) is 11.5 Å². The van der Waals surface area contributed by atoms with Crippen LogP contribution in [0.1, 0.15) is 33.4 Å². The number of ether oxygens (including phenoxy) is 1. The summed E-state index contributed by atoms with van der Waals surface area (Å²) in [6.45, 7) is 5.77. The van der Waals surface area contributed by atoms with Crippen molar-refractivity contribution < 1.29 is 18.3 Å². The molecule has 0 aliphatic carbocycles. The van der Waals surface area contributed by atoms with Crippen molar-refractivity contribution in [3.05, 3.63) is 112 Å². The molecule has 0 unspecified atom stereocenters. The molecule has 0 spiro atoms. The predicted molar refractivity (Wildman–Crippen MR) is 122 cm³/mol. The highest BCUT2D eigenvalue weighted by Gasteiger charge is 2.44. The number of halogens is 1. The molecule has 2 aromatic heterocycles. The first-order valence-electron chi connectivity index (χ1n) is 10.3. The van der Waals surface area contributed by atoms with Gasteiger partial charge < -0.3 is 9.15 Å². The van der Waals surface area contributed by atoms with Crippen molar-refractivity contribution in [2.45, 2.75) is 13.0 Å². The van der Waals surface area contributed by atoms with Crippen LogP contribution in [0.4, 0.5) is 10.2 Å². The van der Waals surface area contributed by atoms with Crippen molar-refractivity contribution in [2.24, 2.45) is 0 Å². The van der Waals surface area contributed by atoms with E-state index in [4.69, 9.17) is 9.15 Å². The van der Waals surface area contributed by atoms with Crippen molar-refractivity contribution in [3.63, 3.8) is 0 Å². The van der Waals surface area contributed by atoms with Crippen LogP contribution in [0.15, 0.2) is 82.5 Å². The summed E-state index contributed by atoms with van der Waals surface area (Å²) in [5, 5.41) is 0.0738. The van der Waals surface area contributed by atoms with Crippen LogP contribution < -0.4 is 15.1 Å². The molecule has 0 radical (unpaired) electrons. The first kappa shape index (κ1) is 20.6. The molecule has 1 aliphatic heterocycles. The molecule has 0 bridgehead atoms. The van der Waals surface area contributed by atoms with Crippen LogP contribution in [-0.2, 0) is 0 Å². The fraction of sp³-hybridized carbons (Fsp3) is 0.115. The van der Waals surface area contributed by atoms with Gasteiger partial charge in [-0.15, -0.1) is 0 Å². The maximum Gasteiger partial charge on any atom is 0.296 e. The Bertz CT molecular complexity index is 1480. The minimum atomic E-state index is -0.821. The van der Waals surface area contributed by atoms with E-state index in [2.05, 4.69) is 11.6 Å². The van der Waals surface area contributed by atoms with Gasteiger partial charge in [-0.2, -0.15) is 0 Å². The molecule has 7 heteroatoms. The van der Waals surface area contributed by atoms with E-state index in [1.165, 1.54) is 17.0 Å². The van der Waals surface area contributed by atoms with E-state index in [0.717, 1.165) is 6.07 Å². The number of pyridine rings is 1. The molecule has 4 aromatic rings. The third kappa shape index (κ3) is 3.47. The quantitative estimate of drug-likeness (QED) is 0.409. The Morgan fingerprint density at radius 2 is 1.97 bits per heavy atom. The molecule has 6 nitrogen and oxygen atoms in total. The van der Waals surface area contributed by atoms with Gasteiger partial charge in [-0.3, -0.25) is 14.5 Å². The number of carbonyl (C=O) groups is 1. The summed E-state index contributed by atoms with van der Waals surface area (Å²) in [4.78, 5) is 33.0. The fourth-order valence-electron chi connectivity index (χ4n) is 4.09. The highest BCUT2D eigenvalue weighted by atomic mass is 19.1. The summed E-state index contributed by atoms with van der Waals surface area (Å²) < 4.78 is 25.4. The van der Waals surface area contributed by atoms with E-state index in [-0.39, 0.29) is 22.3 Å². The summed E-state index contributed by atoms with van der Waals surface area (Å²) in [6.07, 6.45) is 1.62. The lowest BCUT2D eigenvalue weighted by Gasteiger charge is -2.24. The van der Waals surface area contributed by atoms with Gasteiger partial charge in [0.2, 0.25) is 5.76 Å². The van der Waals surface area contributed by atoms with Crippen molar-refractivity contribution in [3.8, 4) is 5.75 Å². The number of aryl methyl sites for hydroxylation is 1. The largest absolute Gasteiger partial charge is 0.490 e. The van der Waals surface area contributed by atoms with Crippen LogP contribution in [0, 0.1) is 12.7 Å². The third-order valence-electron chi connectivity index (χ3n) is 5.49. The van der Waals surface area contributed by atoms with Crippen LogP contribution in [0.25, 0.3) is 11.0 Å². The maximum atomic E-state index is 13.9. The summed E-state index contributed by atoms with van der Waals surface area (Å²) in [5.74, 6) is -0.198. The van der Waals surface area contributed by atoms with Gasteiger partial charge in [0, 0.05) is 5.69 Å². The van der Waals surface area contributed by atoms with E-state index in [1.54, 1.807) is 42.5 Å². The first-order valence-corrected chi connectivity index (χ1v) is 10.3. The lowest BCUT2D eigenvalue weighted by molar-refractivity contribution is 0.0970. The van der Waals surface area contributed by atoms with Gasteiger partial charge >= 0.3 is 0 Å². The highest BCUT2D eigenvalue weighted by molar-refractivity contribution is 6.10. The maximum absolute atomic E-state index is 13.9. The SMILES string of the molecule is C=CCOc1cccc([C@H]2c3c(oc4ccc(F)cc4c3=O)C(=O)N2c2cccc(C)n2)c1. The average molecular weight is 442 g/mol. The third-order valence-corrected chi connectivity index (χ3v) is 5.49. The van der Waals surface area contributed by atoms with Crippen LogP contribution >= 0.6 is 0 Å². The second-order valence-corrected chi connectivity index (χ2v) is 7.70. The standard InChI is InChI=1S/C26H19FN2O4/c1-3-12-32-18-8-5-7-16(13-18)23-22-24(30)19-14-17(27)10-11-20(19)33-25(22)26(31)29(23)21-9-4-6-15(2)28-21/h3-11,13-14,23H,1,12H2,2H3/t23-/m0/s1. The minimum Gasteiger partial charge on any atom is -0.490 e. The molecule has 0 saturated heterocycles. The summed E-state index contributed by atoms with van der Waals surface area (Å²) in [6, 6.07) is 15.3. The van der Waals surface area contributed by atoms with Crippen LogP contribution in [-0.4, -0.2) is 17.5 Å². The number of fused-ring (bicyclic) bond motifs is 2. The summed E-state index contributed by atoms with van der Waals surface area (Å²) in [7, 11) is 0. The molecule has 3 heterocycles. The first-order chi connectivity index (χ1) is 16.0. The normalized spacial score (nSPS) is 15.0. The van der Waals surface area contributed by atoms with E-state index >= 15 is 0 Å². The number of carbonyl (C=O) groups excluding carboxylic acids is 1. The van der Waals surface area contributed by atoms with Crippen molar-refractivity contribution in [1.82, 2.24) is 4.98 Å². The molecular formula is C26H19FN2O4. The van der Waals surface area contributed by atoms with Crippen molar-refractivity contribution in [1.29, 1.82) is 0 Å². The molecule has 0 fully saturated rings. The van der Waals surface area contributed by atoms with E-state index in [9.17, 15) is 14.0 Å². The van der Waals surface area contributed by atoms with Crippen LogP contribution in [0.3, 0.4) is 0 Å². The van der Waals surface area contributed by atoms with E-state index in [0.29, 0.717) is 29.4 Å². The summed E-state index contributed by atoms with van der Waals surface area (Å²) >= 11 is 0. The molecule has 0 saturated carbocycles. The lowest BCUT2D eigenvalue weighted by atomic mass is 9.98. The molecule has 33 heavy (non-hydrogen) atoms. The Hall–Kier alpha value is -4.26. The zero-order valence-electron chi connectivity index (χ0n) is 17.7. The van der Waals surface area contributed by atoms with Gasteiger partial charge in [0.1, 0.15) is 29.6 Å². The van der Waals surface area contributed by atoms with Gasteiger partial charge in [-0.05, 0) is 55.0 Å². The van der Waals surface area contributed by atoms with E-state index in [1.807, 2.05) is 13.0 Å². The fourth-order valence-corrected chi connectivity index (χ4v) is 4.09. The minimum absolute atomic E-state index is 0.0738. The van der Waals surface area contributed by atoms with Crippen LogP contribution in [0.2, 0.25) is 0 Å². The number of nitrogens with zero attached hydrogens (tertiary/aromatic N) is 2. The second-order valence-electron chi connectivity index (χ2n) is 7.70. The Morgan fingerprint density at radius 3 is 2.76 bits per heavy atom. The molecule has 164 valence electrons. The molecule has 1 amide bonds. The van der Waals surface area contributed by atoms with Crippen molar-refractivity contribution >= 4 is 22.7 Å². The molecule has 5 rings (SSSR count). The average Bonchev–Trinajstić information content (AvgIpc) is 3.11. The number of rotatable bonds is 5. The summed E-state index contributed by atoms with van der Waals surface area (Å²) in [5.41, 5.74) is 1.17. The number of hydrogen-bond donors (Lipinski definition) is 0. The lowest BCUT2D eigenvalue weighted by Crippen LogP contribution is -2.30. The second kappa shape index (κ2) is 8.02. The van der Waals surface area contributed by atoms with Gasteiger partial charge in [-0.25, -0.2) is 9.37 Å². The zero-order valence-corrected chi connectivity index (χ0v) is 17.7. The molecular weight excluding hydrogens is 423 g/mol. The zero-order chi connectivity index (χ0) is 23.1. The number of hydrogen-bond acceptors (Lipinski definition) is 5. The molecule has 2 aromatic carbocycles. The number of amides is 1. The number of benzene rings is 2. The highest BCUT2D eigenvalue weighted by Crippen LogP contribution is 2.41. The number of anilines is 1. The van der Waals surface area contributed by atoms with Gasteiger partial charge in [-0.1, -0.05) is 30.9 Å². The monoisotopic (exact) mass is 442 g/mol. The Morgan fingerprint density at radius 1 is 1.15 bits per heavy atom. The number of aromatic nitrogens is 1. The smallest absolute Gasteiger partial charge is 0.296 e. The van der Waals surface area contributed by atoms with Gasteiger partial charge in [0.05, 0.1) is 17.0 Å². The van der Waals surface area contributed by atoms with Gasteiger partial charge in [0.25, 0.3) is 5.91 Å². The molecule has 1 atom stereocenters. The molecule has 1 aliphatic rings. The Labute approximate surface area is 188 Å².